The molecule has 0 spiro atoms. The van der Waals surface area contributed by atoms with E-state index in [0.717, 1.165) is 18.4 Å². The maximum atomic E-state index is 12.5. The van der Waals surface area contributed by atoms with Crippen LogP contribution in [0.15, 0.2) is 47.7 Å². The largest absolute Gasteiger partial charge is 0.338 e. The SMILES string of the molecule is O=C(CCc1ccccc1)C1CCCN(C(=O)c2cnc[nH]c2=O)C1. The molecular weight excluding hydrogens is 318 g/mol. The number of amides is 1. The molecule has 0 radical (unpaired) electrons. The molecule has 25 heavy (non-hydrogen) atoms. The van der Waals surface area contributed by atoms with Crippen molar-refractivity contribution < 1.29 is 9.59 Å². The summed E-state index contributed by atoms with van der Waals surface area (Å²) < 4.78 is 0. The normalized spacial score (nSPS) is 17.3. The number of hydrogen-bond donors (Lipinski definition) is 1. The lowest BCUT2D eigenvalue weighted by atomic mass is 9.90. The van der Waals surface area contributed by atoms with Gasteiger partial charge in [-0.25, -0.2) is 4.98 Å². The van der Waals surface area contributed by atoms with E-state index in [-0.39, 0.29) is 23.2 Å². The van der Waals surface area contributed by atoms with Gasteiger partial charge < -0.3 is 9.88 Å². The van der Waals surface area contributed by atoms with Crippen LogP contribution in [0.5, 0.6) is 0 Å². The Kier molecular flexibility index (Phi) is 5.38. The first-order chi connectivity index (χ1) is 12.1. The van der Waals surface area contributed by atoms with Gasteiger partial charge in [0.15, 0.2) is 0 Å². The second-order valence-electron chi connectivity index (χ2n) is 6.34. The molecule has 3 rings (SSSR count). The van der Waals surface area contributed by atoms with E-state index in [0.29, 0.717) is 25.9 Å². The lowest BCUT2D eigenvalue weighted by Crippen LogP contribution is -2.44. The second-order valence-corrected chi connectivity index (χ2v) is 6.34. The number of carbonyl (C=O) groups is 2. The maximum Gasteiger partial charge on any atom is 0.263 e. The number of H-pyrrole nitrogens is 1. The number of hydrogen-bond acceptors (Lipinski definition) is 4. The van der Waals surface area contributed by atoms with E-state index in [1.807, 2.05) is 30.3 Å². The fourth-order valence-corrected chi connectivity index (χ4v) is 3.21. The Morgan fingerprint density at radius 2 is 2.04 bits per heavy atom. The van der Waals surface area contributed by atoms with Crippen molar-refractivity contribution in [3.05, 3.63) is 64.3 Å². The fraction of sp³-hybridized carbons (Fsp3) is 0.368. The number of likely N-dealkylation sites (tertiary alicyclic amines) is 1. The number of nitrogens with zero attached hydrogens (tertiary/aromatic N) is 2. The maximum absolute atomic E-state index is 12.5. The molecule has 2 aromatic rings. The molecule has 1 amide bonds. The monoisotopic (exact) mass is 339 g/mol. The van der Waals surface area contributed by atoms with Crippen molar-refractivity contribution in [2.24, 2.45) is 5.92 Å². The molecule has 1 fully saturated rings. The van der Waals surface area contributed by atoms with Crippen LogP contribution >= 0.6 is 0 Å². The van der Waals surface area contributed by atoms with Crippen molar-refractivity contribution in [2.45, 2.75) is 25.7 Å². The number of aromatic nitrogens is 2. The van der Waals surface area contributed by atoms with Gasteiger partial charge in [-0.15, -0.1) is 0 Å². The van der Waals surface area contributed by atoms with Gasteiger partial charge in [0, 0.05) is 31.6 Å². The minimum Gasteiger partial charge on any atom is -0.338 e. The Balaban J connectivity index is 1.61. The van der Waals surface area contributed by atoms with Crippen LogP contribution in [0.2, 0.25) is 0 Å². The highest BCUT2D eigenvalue weighted by Gasteiger charge is 2.29. The van der Waals surface area contributed by atoms with Crippen LogP contribution in [0.3, 0.4) is 0 Å². The van der Waals surface area contributed by atoms with E-state index in [4.69, 9.17) is 0 Å². The fourth-order valence-electron chi connectivity index (χ4n) is 3.21. The zero-order valence-corrected chi connectivity index (χ0v) is 14.0. The standard InChI is InChI=1S/C19H21N3O3/c23-17(9-8-14-5-2-1-3-6-14)15-7-4-10-22(12-15)19(25)16-11-20-13-21-18(16)24/h1-3,5-6,11,13,15H,4,7-10,12H2,(H,20,21,24). The summed E-state index contributed by atoms with van der Waals surface area (Å²) in [5.74, 6) is -0.325. The molecule has 1 atom stereocenters. The molecular formula is C19H21N3O3. The molecule has 0 bridgehead atoms. The molecule has 1 aromatic carbocycles. The average molecular weight is 339 g/mol. The molecule has 1 aliphatic heterocycles. The molecule has 6 heteroatoms. The zero-order valence-electron chi connectivity index (χ0n) is 14.0. The van der Waals surface area contributed by atoms with Crippen molar-refractivity contribution in [3.8, 4) is 0 Å². The number of aryl methyl sites for hydroxylation is 1. The highest BCUT2D eigenvalue weighted by atomic mass is 16.2. The molecule has 1 aliphatic rings. The van der Waals surface area contributed by atoms with Crippen molar-refractivity contribution in [1.82, 2.24) is 14.9 Å². The van der Waals surface area contributed by atoms with Crippen molar-refractivity contribution in [2.75, 3.05) is 13.1 Å². The Labute approximate surface area is 145 Å². The smallest absolute Gasteiger partial charge is 0.263 e. The lowest BCUT2D eigenvalue weighted by molar-refractivity contribution is -0.124. The number of carbonyl (C=O) groups excluding carboxylic acids is 2. The van der Waals surface area contributed by atoms with Gasteiger partial charge in [0.1, 0.15) is 11.3 Å². The summed E-state index contributed by atoms with van der Waals surface area (Å²) in [6, 6.07) is 9.91. The number of aromatic amines is 1. The van der Waals surface area contributed by atoms with Crippen LogP contribution in [0.1, 0.15) is 35.2 Å². The van der Waals surface area contributed by atoms with Gasteiger partial charge >= 0.3 is 0 Å². The minimum absolute atomic E-state index is 0.0277. The molecule has 1 saturated heterocycles. The summed E-state index contributed by atoms with van der Waals surface area (Å²) >= 11 is 0. The zero-order chi connectivity index (χ0) is 17.6. The topological polar surface area (TPSA) is 83.1 Å². The van der Waals surface area contributed by atoms with Crippen molar-refractivity contribution in [1.29, 1.82) is 0 Å². The summed E-state index contributed by atoms with van der Waals surface area (Å²) in [7, 11) is 0. The predicted octanol–water partition coefficient (Wildman–Crippen LogP) is 1.82. The van der Waals surface area contributed by atoms with Gasteiger partial charge in [0.25, 0.3) is 11.5 Å². The summed E-state index contributed by atoms with van der Waals surface area (Å²) in [4.78, 5) is 44.6. The first kappa shape index (κ1) is 17.1. The van der Waals surface area contributed by atoms with Crippen molar-refractivity contribution in [3.63, 3.8) is 0 Å². The molecule has 130 valence electrons. The summed E-state index contributed by atoms with van der Waals surface area (Å²) in [5, 5.41) is 0. The number of benzene rings is 1. The first-order valence-corrected chi connectivity index (χ1v) is 8.54. The highest BCUT2D eigenvalue weighted by molar-refractivity contribution is 5.94. The van der Waals surface area contributed by atoms with E-state index >= 15 is 0 Å². The van der Waals surface area contributed by atoms with Gasteiger partial charge in [-0.3, -0.25) is 14.4 Å². The third-order valence-corrected chi connectivity index (χ3v) is 4.62. The number of Topliss-reactive ketones (excluding diaryl/α,β-unsaturated/α-hetero) is 1. The van der Waals surface area contributed by atoms with E-state index in [1.165, 1.54) is 12.5 Å². The summed E-state index contributed by atoms with van der Waals surface area (Å²) in [6.07, 6.45) is 5.29. The van der Waals surface area contributed by atoms with Crippen LogP contribution in [0.4, 0.5) is 0 Å². The number of rotatable bonds is 5. The summed E-state index contributed by atoms with van der Waals surface area (Å²) in [6.45, 7) is 0.941. The minimum atomic E-state index is -0.447. The van der Waals surface area contributed by atoms with Gasteiger partial charge in [0.05, 0.1) is 6.33 Å². The van der Waals surface area contributed by atoms with Crippen LogP contribution in [0, 0.1) is 5.92 Å². The van der Waals surface area contributed by atoms with Crippen molar-refractivity contribution >= 4 is 11.7 Å². The molecule has 0 saturated carbocycles. The summed E-state index contributed by atoms with van der Waals surface area (Å²) in [5.41, 5.74) is 0.721. The second kappa shape index (κ2) is 7.88. The number of ketones is 1. The Morgan fingerprint density at radius 3 is 2.80 bits per heavy atom. The Bertz CT molecular complexity index is 801. The van der Waals surface area contributed by atoms with E-state index < -0.39 is 5.56 Å². The van der Waals surface area contributed by atoms with E-state index in [9.17, 15) is 14.4 Å². The molecule has 1 aromatic heterocycles. The van der Waals surface area contributed by atoms with Crippen LogP contribution in [0.25, 0.3) is 0 Å². The first-order valence-electron chi connectivity index (χ1n) is 8.54. The Morgan fingerprint density at radius 1 is 1.24 bits per heavy atom. The molecule has 1 unspecified atom stereocenters. The third kappa shape index (κ3) is 4.21. The number of nitrogens with one attached hydrogen (secondary N) is 1. The molecule has 0 aliphatic carbocycles. The lowest BCUT2D eigenvalue weighted by Gasteiger charge is -2.31. The highest BCUT2D eigenvalue weighted by Crippen LogP contribution is 2.20. The van der Waals surface area contributed by atoms with E-state index in [2.05, 4.69) is 9.97 Å². The molecule has 1 N–H and O–H groups in total. The van der Waals surface area contributed by atoms with Crippen LogP contribution < -0.4 is 5.56 Å². The predicted molar refractivity (Wildman–Crippen MR) is 93.3 cm³/mol. The van der Waals surface area contributed by atoms with E-state index in [1.54, 1.807) is 4.90 Å². The number of piperidine rings is 1. The van der Waals surface area contributed by atoms with Gasteiger partial charge in [-0.1, -0.05) is 30.3 Å². The van der Waals surface area contributed by atoms with Crippen LogP contribution in [-0.4, -0.2) is 39.6 Å². The quantitative estimate of drug-likeness (QED) is 0.901. The van der Waals surface area contributed by atoms with Gasteiger partial charge in [-0.05, 0) is 24.8 Å². The van der Waals surface area contributed by atoms with Gasteiger partial charge in [0.2, 0.25) is 0 Å². The van der Waals surface area contributed by atoms with Gasteiger partial charge in [-0.2, -0.15) is 0 Å². The Hall–Kier alpha value is -2.76. The third-order valence-electron chi connectivity index (χ3n) is 4.62. The molecule has 2 heterocycles. The van der Waals surface area contributed by atoms with Crippen LogP contribution in [-0.2, 0) is 11.2 Å². The molecule has 6 nitrogen and oxygen atoms in total. The average Bonchev–Trinajstić information content (AvgIpc) is 2.67.